The Hall–Kier alpha value is -2.38. The first-order chi connectivity index (χ1) is 8.49. The summed E-state index contributed by atoms with van der Waals surface area (Å²) in [5.74, 6) is -0.808. The van der Waals surface area contributed by atoms with Crippen molar-refractivity contribution in [2.24, 2.45) is 0 Å². The number of carboxylic acids is 1. The summed E-state index contributed by atoms with van der Waals surface area (Å²) in [6.07, 6.45) is 1.79. The second kappa shape index (κ2) is 4.47. The molecule has 8 nitrogen and oxygen atoms in total. The normalized spacial score (nSPS) is 14.2. The summed E-state index contributed by atoms with van der Waals surface area (Å²) < 4.78 is 0. The van der Waals surface area contributed by atoms with Crippen molar-refractivity contribution >= 4 is 23.3 Å². The second-order valence-electron chi connectivity index (χ2n) is 4.08. The van der Waals surface area contributed by atoms with Crippen molar-refractivity contribution in [1.29, 1.82) is 0 Å². The highest BCUT2D eigenvalue weighted by molar-refractivity contribution is 5.74. The molecule has 1 aromatic heterocycles. The summed E-state index contributed by atoms with van der Waals surface area (Å²) in [5.41, 5.74) is 5.21. The lowest BCUT2D eigenvalue weighted by Gasteiger charge is -2.21. The van der Waals surface area contributed by atoms with Crippen molar-refractivity contribution in [3.63, 3.8) is 0 Å². The molecule has 8 heteroatoms. The van der Waals surface area contributed by atoms with E-state index < -0.39 is 10.9 Å². The van der Waals surface area contributed by atoms with Crippen LogP contribution in [0.25, 0.3) is 0 Å². The molecule has 3 N–H and O–H groups in total. The summed E-state index contributed by atoms with van der Waals surface area (Å²) in [7, 11) is 0. The van der Waals surface area contributed by atoms with Gasteiger partial charge in [-0.2, -0.15) is 0 Å². The van der Waals surface area contributed by atoms with E-state index in [9.17, 15) is 14.9 Å². The number of carboxylic acid groups (broad SMARTS) is 1. The number of hydrogen-bond donors (Lipinski definition) is 2. The molecule has 0 saturated heterocycles. The molecule has 1 heterocycles. The maximum atomic E-state index is 10.8. The van der Waals surface area contributed by atoms with Crippen LogP contribution >= 0.6 is 0 Å². The number of nitrogens with zero attached hydrogens (tertiary/aromatic N) is 3. The van der Waals surface area contributed by atoms with E-state index in [0.29, 0.717) is 5.82 Å². The molecule has 0 unspecified atom stereocenters. The zero-order valence-corrected chi connectivity index (χ0v) is 9.44. The molecule has 1 fully saturated rings. The van der Waals surface area contributed by atoms with Gasteiger partial charge < -0.3 is 15.7 Å². The van der Waals surface area contributed by atoms with Crippen LogP contribution in [-0.2, 0) is 4.79 Å². The van der Waals surface area contributed by atoms with E-state index in [4.69, 9.17) is 10.8 Å². The van der Waals surface area contributed by atoms with Crippen LogP contribution in [0.15, 0.2) is 12.1 Å². The van der Waals surface area contributed by atoms with Crippen molar-refractivity contribution in [2.75, 3.05) is 17.2 Å². The van der Waals surface area contributed by atoms with E-state index in [2.05, 4.69) is 4.98 Å². The highest BCUT2D eigenvalue weighted by Gasteiger charge is 2.32. The minimum atomic E-state index is -0.972. The number of hydrogen-bond acceptors (Lipinski definition) is 6. The molecule has 0 aromatic carbocycles. The Balaban J connectivity index is 2.28. The molecule has 18 heavy (non-hydrogen) atoms. The molecule has 0 radical (unpaired) electrons. The molecule has 0 atom stereocenters. The number of rotatable bonds is 5. The first-order valence-corrected chi connectivity index (χ1v) is 5.38. The summed E-state index contributed by atoms with van der Waals surface area (Å²) in [5, 5.41) is 19.4. The summed E-state index contributed by atoms with van der Waals surface area (Å²) in [6, 6.07) is 2.81. The minimum absolute atomic E-state index is 0.134. The lowest BCUT2D eigenvalue weighted by Crippen LogP contribution is -2.32. The Morgan fingerprint density at radius 1 is 1.61 bits per heavy atom. The first kappa shape index (κ1) is 12.1. The quantitative estimate of drug-likeness (QED) is 0.581. The van der Waals surface area contributed by atoms with Crippen LogP contribution in [0.4, 0.5) is 17.3 Å². The zero-order valence-electron chi connectivity index (χ0n) is 9.44. The average Bonchev–Trinajstić information content (AvgIpc) is 3.08. The van der Waals surface area contributed by atoms with Gasteiger partial charge >= 0.3 is 11.7 Å². The Bertz CT molecular complexity index is 501. The molecule has 1 saturated carbocycles. The van der Waals surface area contributed by atoms with Crippen LogP contribution in [0.1, 0.15) is 12.8 Å². The van der Waals surface area contributed by atoms with Gasteiger partial charge in [-0.3, -0.25) is 14.9 Å². The van der Waals surface area contributed by atoms with Crippen LogP contribution in [0.5, 0.6) is 0 Å². The zero-order chi connectivity index (χ0) is 13.3. The molecule has 1 aliphatic carbocycles. The number of nitrogens with two attached hydrogens (primary N) is 1. The number of aliphatic carboxylic acids is 1. The smallest absolute Gasteiger partial charge is 0.323 e. The summed E-state index contributed by atoms with van der Waals surface area (Å²) in [6.45, 7) is -0.186. The fourth-order valence-electron chi connectivity index (χ4n) is 1.70. The first-order valence-electron chi connectivity index (χ1n) is 5.38. The number of carbonyl (C=O) groups is 1. The van der Waals surface area contributed by atoms with E-state index in [-0.39, 0.29) is 24.1 Å². The van der Waals surface area contributed by atoms with Gasteiger partial charge in [0.25, 0.3) is 0 Å². The molecule has 1 aromatic rings. The molecular weight excluding hydrogens is 240 g/mol. The lowest BCUT2D eigenvalue weighted by molar-refractivity contribution is -0.384. The Morgan fingerprint density at radius 3 is 2.72 bits per heavy atom. The van der Waals surface area contributed by atoms with E-state index in [1.807, 2.05) is 0 Å². The molecule has 0 bridgehead atoms. The van der Waals surface area contributed by atoms with Gasteiger partial charge in [0.05, 0.1) is 4.92 Å². The van der Waals surface area contributed by atoms with Crippen LogP contribution < -0.4 is 10.6 Å². The average molecular weight is 252 g/mol. The van der Waals surface area contributed by atoms with Crippen molar-refractivity contribution < 1.29 is 14.8 Å². The fourth-order valence-corrected chi connectivity index (χ4v) is 1.70. The van der Waals surface area contributed by atoms with Crippen molar-refractivity contribution in [3.05, 3.63) is 22.2 Å². The molecule has 96 valence electrons. The van der Waals surface area contributed by atoms with Gasteiger partial charge in [0, 0.05) is 12.1 Å². The van der Waals surface area contributed by atoms with Gasteiger partial charge in [-0.05, 0) is 18.9 Å². The van der Waals surface area contributed by atoms with E-state index in [0.717, 1.165) is 12.8 Å². The third kappa shape index (κ3) is 2.47. The van der Waals surface area contributed by atoms with E-state index in [1.165, 1.54) is 12.1 Å². The third-order valence-electron chi connectivity index (χ3n) is 2.67. The van der Waals surface area contributed by atoms with E-state index >= 15 is 0 Å². The van der Waals surface area contributed by atoms with Gasteiger partial charge in [0.1, 0.15) is 12.4 Å². The van der Waals surface area contributed by atoms with Gasteiger partial charge in [-0.1, -0.05) is 0 Å². The van der Waals surface area contributed by atoms with Crippen LogP contribution in [0.3, 0.4) is 0 Å². The van der Waals surface area contributed by atoms with Crippen LogP contribution in [0.2, 0.25) is 0 Å². The monoisotopic (exact) mass is 252 g/mol. The van der Waals surface area contributed by atoms with Gasteiger partial charge in [0.2, 0.25) is 5.82 Å². The Morgan fingerprint density at radius 2 is 2.28 bits per heavy atom. The number of pyridine rings is 1. The standard InChI is InChI=1S/C10H12N4O4/c11-10-7(14(17)18)3-4-8(12-10)13(5-9(15)16)6-1-2-6/h3-4,6H,1-2,5H2,(H2,11,12)(H,15,16). The maximum Gasteiger partial charge on any atom is 0.323 e. The highest BCUT2D eigenvalue weighted by Crippen LogP contribution is 2.32. The molecule has 1 aliphatic rings. The predicted molar refractivity (Wildman–Crippen MR) is 63.3 cm³/mol. The number of nitrogen functional groups attached to an aromatic ring is 1. The predicted octanol–water partition coefficient (Wildman–Crippen LogP) is 0.625. The number of anilines is 2. The maximum absolute atomic E-state index is 10.8. The summed E-state index contributed by atoms with van der Waals surface area (Å²) >= 11 is 0. The molecule has 0 aliphatic heterocycles. The highest BCUT2D eigenvalue weighted by atomic mass is 16.6. The molecule has 0 amide bonds. The summed E-state index contributed by atoms with van der Waals surface area (Å²) in [4.78, 5) is 26.3. The lowest BCUT2D eigenvalue weighted by atomic mass is 10.3. The number of nitro groups is 1. The van der Waals surface area contributed by atoms with Gasteiger partial charge in [-0.15, -0.1) is 0 Å². The largest absolute Gasteiger partial charge is 0.480 e. The van der Waals surface area contributed by atoms with E-state index in [1.54, 1.807) is 4.90 Å². The van der Waals surface area contributed by atoms with Gasteiger partial charge in [0.15, 0.2) is 0 Å². The van der Waals surface area contributed by atoms with Crippen molar-refractivity contribution in [3.8, 4) is 0 Å². The molecular formula is C10H12N4O4. The van der Waals surface area contributed by atoms with Crippen molar-refractivity contribution in [2.45, 2.75) is 18.9 Å². The topological polar surface area (TPSA) is 123 Å². The van der Waals surface area contributed by atoms with Crippen molar-refractivity contribution in [1.82, 2.24) is 4.98 Å². The second-order valence-corrected chi connectivity index (χ2v) is 4.08. The molecule has 0 spiro atoms. The Labute approximate surface area is 102 Å². The fraction of sp³-hybridized carbons (Fsp3) is 0.400. The molecule has 2 rings (SSSR count). The number of aromatic nitrogens is 1. The van der Waals surface area contributed by atoms with Gasteiger partial charge in [-0.25, -0.2) is 4.98 Å². The Kier molecular flexibility index (Phi) is 3.00. The van der Waals surface area contributed by atoms with Crippen LogP contribution in [-0.4, -0.2) is 33.6 Å². The third-order valence-corrected chi connectivity index (χ3v) is 2.67. The SMILES string of the molecule is Nc1nc(N(CC(=O)O)C2CC2)ccc1[N+](=O)[O-]. The minimum Gasteiger partial charge on any atom is -0.480 e. The van der Waals surface area contributed by atoms with Crippen LogP contribution in [0, 0.1) is 10.1 Å².